The summed E-state index contributed by atoms with van der Waals surface area (Å²) in [6.07, 6.45) is 5.69. The highest BCUT2D eigenvalue weighted by atomic mass is 16.3. The Balaban J connectivity index is 2.17. The molecular weight excluding hydrogens is 164 g/mol. The molecule has 0 unspecified atom stereocenters. The molecule has 0 aliphatic heterocycles. The van der Waals surface area contributed by atoms with Gasteiger partial charge in [0.25, 0.3) is 0 Å². The SMILES string of the molecule is CC(C)(O)c1ncc(C2CCC2)[nH]1. The third-order valence-electron chi connectivity index (χ3n) is 2.72. The maximum Gasteiger partial charge on any atom is 0.137 e. The van der Waals surface area contributed by atoms with Gasteiger partial charge in [0.15, 0.2) is 0 Å². The van der Waals surface area contributed by atoms with Crippen molar-refractivity contribution in [1.82, 2.24) is 9.97 Å². The minimum atomic E-state index is -0.845. The fraction of sp³-hybridized carbons (Fsp3) is 0.700. The Kier molecular flexibility index (Phi) is 1.91. The largest absolute Gasteiger partial charge is 0.383 e. The Bertz CT molecular complexity index is 294. The van der Waals surface area contributed by atoms with Crippen LogP contribution in [0.3, 0.4) is 0 Å². The molecular formula is C10H16N2O. The summed E-state index contributed by atoms with van der Waals surface area (Å²) in [5.41, 5.74) is 0.338. The number of nitrogens with zero attached hydrogens (tertiary/aromatic N) is 1. The molecule has 0 atom stereocenters. The van der Waals surface area contributed by atoms with Crippen molar-refractivity contribution in [3.8, 4) is 0 Å². The van der Waals surface area contributed by atoms with Gasteiger partial charge in [-0.25, -0.2) is 4.98 Å². The topological polar surface area (TPSA) is 48.9 Å². The third kappa shape index (κ3) is 1.61. The van der Waals surface area contributed by atoms with E-state index >= 15 is 0 Å². The lowest BCUT2D eigenvalue weighted by Crippen LogP contribution is -2.18. The number of aromatic amines is 1. The molecule has 2 rings (SSSR count). The van der Waals surface area contributed by atoms with E-state index < -0.39 is 5.60 Å². The van der Waals surface area contributed by atoms with Crippen LogP contribution in [0.25, 0.3) is 0 Å². The first kappa shape index (κ1) is 8.75. The number of hydrogen-bond acceptors (Lipinski definition) is 2. The molecule has 1 fully saturated rings. The number of hydrogen-bond donors (Lipinski definition) is 2. The van der Waals surface area contributed by atoms with E-state index in [4.69, 9.17) is 0 Å². The van der Waals surface area contributed by atoms with E-state index in [1.54, 1.807) is 13.8 Å². The molecule has 13 heavy (non-hydrogen) atoms. The molecule has 3 heteroatoms. The lowest BCUT2D eigenvalue weighted by Gasteiger charge is -2.23. The van der Waals surface area contributed by atoms with Gasteiger partial charge in [0.05, 0.1) is 0 Å². The van der Waals surface area contributed by atoms with Gasteiger partial charge in [0.2, 0.25) is 0 Å². The summed E-state index contributed by atoms with van der Waals surface area (Å²) in [6, 6.07) is 0. The van der Waals surface area contributed by atoms with Crippen LogP contribution in [-0.2, 0) is 5.60 Å². The summed E-state index contributed by atoms with van der Waals surface area (Å²) in [7, 11) is 0. The average molecular weight is 180 g/mol. The molecule has 1 aromatic rings. The number of rotatable bonds is 2. The first-order chi connectivity index (χ1) is 6.07. The molecule has 3 nitrogen and oxygen atoms in total. The molecule has 1 aliphatic carbocycles. The van der Waals surface area contributed by atoms with Crippen molar-refractivity contribution < 1.29 is 5.11 Å². The second-order valence-corrected chi connectivity index (χ2v) is 4.37. The number of H-pyrrole nitrogens is 1. The van der Waals surface area contributed by atoms with Crippen LogP contribution in [0, 0.1) is 0 Å². The monoisotopic (exact) mass is 180 g/mol. The van der Waals surface area contributed by atoms with Crippen molar-refractivity contribution in [2.45, 2.75) is 44.6 Å². The van der Waals surface area contributed by atoms with Crippen LogP contribution >= 0.6 is 0 Å². The van der Waals surface area contributed by atoms with Crippen LogP contribution in [-0.4, -0.2) is 15.1 Å². The fourth-order valence-corrected chi connectivity index (χ4v) is 1.57. The molecule has 0 aromatic carbocycles. The van der Waals surface area contributed by atoms with Gasteiger partial charge in [0, 0.05) is 17.8 Å². The van der Waals surface area contributed by atoms with E-state index in [-0.39, 0.29) is 0 Å². The van der Waals surface area contributed by atoms with Crippen LogP contribution in [0.4, 0.5) is 0 Å². The lowest BCUT2D eigenvalue weighted by atomic mass is 9.83. The maximum atomic E-state index is 9.68. The van der Waals surface area contributed by atoms with E-state index in [2.05, 4.69) is 9.97 Å². The van der Waals surface area contributed by atoms with Gasteiger partial charge in [-0.2, -0.15) is 0 Å². The Morgan fingerprint density at radius 2 is 2.23 bits per heavy atom. The van der Waals surface area contributed by atoms with Gasteiger partial charge in [-0.1, -0.05) is 6.42 Å². The summed E-state index contributed by atoms with van der Waals surface area (Å²) in [6.45, 7) is 3.49. The van der Waals surface area contributed by atoms with Gasteiger partial charge in [-0.15, -0.1) is 0 Å². The average Bonchev–Trinajstić information content (AvgIpc) is 2.29. The van der Waals surface area contributed by atoms with Crippen molar-refractivity contribution >= 4 is 0 Å². The molecule has 0 bridgehead atoms. The lowest BCUT2D eigenvalue weighted by molar-refractivity contribution is 0.0694. The molecule has 2 N–H and O–H groups in total. The maximum absolute atomic E-state index is 9.68. The van der Waals surface area contributed by atoms with Gasteiger partial charge in [-0.3, -0.25) is 0 Å². The highest BCUT2D eigenvalue weighted by molar-refractivity contribution is 5.12. The van der Waals surface area contributed by atoms with Crippen molar-refractivity contribution in [2.24, 2.45) is 0 Å². The quantitative estimate of drug-likeness (QED) is 0.730. The van der Waals surface area contributed by atoms with Crippen molar-refractivity contribution in [3.63, 3.8) is 0 Å². The standard InChI is InChI=1S/C10H16N2O/c1-10(2,13)9-11-6-8(12-9)7-4-3-5-7/h6-7,13H,3-5H2,1-2H3,(H,11,12). The summed E-state index contributed by atoms with van der Waals surface area (Å²) in [4.78, 5) is 7.38. The minimum absolute atomic E-state index is 0.656. The van der Waals surface area contributed by atoms with Crippen molar-refractivity contribution in [2.75, 3.05) is 0 Å². The highest BCUT2D eigenvalue weighted by Gasteiger charge is 2.25. The summed E-state index contributed by atoms with van der Waals surface area (Å²) in [5.74, 6) is 1.33. The molecule has 0 saturated heterocycles. The van der Waals surface area contributed by atoms with Crippen LogP contribution in [0.1, 0.15) is 50.5 Å². The van der Waals surface area contributed by atoms with Gasteiger partial charge >= 0.3 is 0 Å². The predicted molar refractivity (Wildman–Crippen MR) is 50.4 cm³/mol. The Hall–Kier alpha value is -0.830. The Morgan fingerprint density at radius 3 is 2.62 bits per heavy atom. The van der Waals surface area contributed by atoms with E-state index in [0.29, 0.717) is 11.7 Å². The van der Waals surface area contributed by atoms with E-state index in [9.17, 15) is 5.11 Å². The smallest absolute Gasteiger partial charge is 0.137 e. The molecule has 1 saturated carbocycles. The first-order valence-electron chi connectivity index (χ1n) is 4.85. The number of aromatic nitrogens is 2. The van der Waals surface area contributed by atoms with E-state index in [1.165, 1.54) is 25.0 Å². The van der Waals surface area contributed by atoms with Crippen molar-refractivity contribution in [1.29, 1.82) is 0 Å². The Morgan fingerprint density at radius 1 is 1.54 bits per heavy atom. The molecule has 0 spiro atoms. The van der Waals surface area contributed by atoms with Crippen LogP contribution in [0.5, 0.6) is 0 Å². The Labute approximate surface area is 78.2 Å². The van der Waals surface area contributed by atoms with E-state index in [1.807, 2.05) is 6.20 Å². The highest BCUT2D eigenvalue weighted by Crippen LogP contribution is 2.35. The van der Waals surface area contributed by atoms with Crippen molar-refractivity contribution in [3.05, 3.63) is 17.7 Å². The van der Waals surface area contributed by atoms with Crippen LogP contribution in [0.2, 0.25) is 0 Å². The zero-order chi connectivity index (χ0) is 9.47. The number of nitrogens with one attached hydrogen (secondary N) is 1. The number of imidazole rings is 1. The second-order valence-electron chi connectivity index (χ2n) is 4.37. The molecule has 1 aromatic heterocycles. The normalized spacial score (nSPS) is 18.7. The predicted octanol–water partition coefficient (Wildman–Crippen LogP) is 1.90. The minimum Gasteiger partial charge on any atom is -0.383 e. The summed E-state index contributed by atoms with van der Waals surface area (Å²) >= 11 is 0. The van der Waals surface area contributed by atoms with Gasteiger partial charge < -0.3 is 10.1 Å². The second kappa shape index (κ2) is 2.84. The van der Waals surface area contributed by atoms with Crippen LogP contribution < -0.4 is 0 Å². The fourth-order valence-electron chi connectivity index (χ4n) is 1.57. The molecule has 72 valence electrons. The molecule has 1 aliphatic rings. The third-order valence-corrected chi connectivity index (χ3v) is 2.72. The molecule has 1 heterocycles. The van der Waals surface area contributed by atoms with E-state index in [0.717, 1.165) is 0 Å². The zero-order valence-electron chi connectivity index (χ0n) is 8.17. The zero-order valence-corrected chi connectivity index (χ0v) is 8.17. The van der Waals surface area contributed by atoms with Gasteiger partial charge in [0.1, 0.15) is 11.4 Å². The van der Waals surface area contributed by atoms with Gasteiger partial charge in [-0.05, 0) is 26.7 Å². The number of aliphatic hydroxyl groups is 1. The molecule has 0 amide bonds. The summed E-state index contributed by atoms with van der Waals surface area (Å²) < 4.78 is 0. The molecule has 0 radical (unpaired) electrons. The first-order valence-corrected chi connectivity index (χ1v) is 4.85. The van der Waals surface area contributed by atoms with Crippen LogP contribution in [0.15, 0.2) is 6.20 Å². The summed E-state index contributed by atoms with van der Waals surface area (Å²) in [5, 5.41) is 9.68.